The summed E-state index contributed by atoms with van der Waals surface area (Å²) in [6, 6.07) is 13.4. The average Bonchev–Trinajstić information content (AvgIpc) is 3.02. The zero-order chi connectivity index (χ0) is 16.9. The van der Waals surface area contributed by atoms with Gasteiger partial charge in [0.2, 0.25) is 0 Å². The van der Waals surface area contributed by atoms with E-state index in [1.807, 2.05) is 36.6 Å². The Balaban J connectivity index is 1.58. The van der Waals surface area contributed by atoms with Gasteiger partial charge in [-0.25, -0.2) is 14.2 Å². The molecule has 0 amide bonds. The Bertz CT molecular complexity index is 846. The van der Waals surface area contributed by atoms with E-state index in [0.29, 0.717) is 5.69 Å². The highest BCUT2D eigenvalue weighted by Gasteiger charge is 2.10. The molecule has 0 saturated heterocycles. The lowest BCUT2D eigenvalue weighted by molar-refractivity contribution is 0.0468. The van der Waals surface area contributed by atoms with Crippen LogP contribution in [-0.2, 0) is 11.3 Å². The highest BCUT2D eigenvalue weighted by atomic mass is 32.1. The standard InChI is InChI=1S/C18H15FN2O2S/c1-12-5-7-15(8-6-12)20-18-21-16(11-24-18)10-23-17(22)13-3-2-4-14(19)9-13/h2-9,11H,10H2,1H3,(H,20,21). The number of benzene rings is 2. The van der Waals surface area contributed by atoms with Crippen molar-refractivity contribution in [2.75, 3.05) is 5.32 Å². The van der Waals surface area contributed by atoms with E-state index in [4.69, 9.17) is 4.74 Å². The van der Waals surface area contributed by atoms with Gasteiger partial charge in [-0.1, -0.05) is 23.8 Å². The predicted octanol–water partition coefficient (Wildman–Crippen LogP) is 4.69. The van der Waals surface area contributed by atoms with Gasteiger partial charge in [0, 0.05) is 11.1 Å². The summed E-state index contributed by atoms with van der Waals surface area (Å²) in [4.78, 5) is 16.2. The highest BCUT2D eigenvalue weighted by Crippen LogP contribution is 2.21. The first kappa shape index (κ1) is 16.1. The average molecular weight is 342 g/mol. The summed E-state index contributed by atoms with van der Waals surface area (Å²) in [6.45, 7) is 2.07. The van der Waals surface area contributed by atoms with Crippen molar-refractivity contribution in [2.24, 2.45) is 0 Å². The van der Waals surface area contributed by atoms with Crippen molar-refractivity contribution in [3.05, 3.63) is 76.5 Å². The number of halogens is 1. The number of aryl methyl sites for hydroxylation is 1. The van der Waals surface area contributed by atoms with E-state index in [1.165, 1.54) is 35.1 Å². The number of esters is 1. The van der Waals surface area contributed by atoms with Gasteiger partial charge in [-0.3, -0.25) is 0 Å². The normalized spacial score (nSPS) is 10.4. The molecule has 3 rings (SSSR count). The van der Waals surface area contributed by atoms with E-state index < -0.39 is 11.8 Å². The van der Waals surface area contributed by atoms with E-state index in [9.17, 15) is 9.18 Å². The quantitative estimate of drug-likeness (QED) is 0.683. The molecule has 0 aliphatic carbocycles. The van der Waals surface area contributed by atoms with Gasteiger partial charge < -0.3 is 10.1 Å². The predicted molar refractivity (Wildman–Crippen MR) is 92.1 cm³/mol. The van der Waals surface area contributed by atoms with E-state index >= 15 is 0 Å². The number of nitrogens with zero attached hydrogens (tertiary/aromatic N) is 1. The Labute approximate surface area is 142 Å². The third kappa shape index (κ3) is 4.17. The van der Waals surface area contributed by atoms with Gasteiger partial charge in [0.1, 0.15) is 12.4 Å². The molecule has 1 N–H and O–H groups in total. The second-order valence-electron chi connectivity index (χ2n) is 5.22. The monoisotopic (exact) mass is 342 g/mol. The molecular weight excluding hydrogens is 327 g/mol. The van der Waals surface area contributed by atoms with E-state index in [1.54, 1.807) is 0 Å². The summed E-state index contributed by atoms with van der Waals surface area (Å²) >= 11 is 1.42. The summed E-state index contributed by atoms with van der Waals surface area (Å²) in [5.74, 6) is -1.04. The van der Waals surface area contributed by atoms with Gasteiger partial charge in [-0.15, -0.1) is 11.3 Å². The number of carbonyl (C=O) groups excluding carboxylic acids is 1. The van der Waals surface area contributed by atoms with E-state index in [0.717, 1.165) is 16.9 Å². The van der Waals surface area contributed by atoms with Crippen LogP contribution in [0.1, 0.15) is 21.6 Å². The lowest BCUT2D eigenvalue weighted by Crippen LogP contribution is -2.05. The third-order valence-electron chi connectivity index (χ3n) is 3.27. The Kier molecular flexibility index (Phi) is 4.86. The van der Waals surface area contributed by atoms with Gasteiger partial charge in [-0.2, -0.15) is 0 Å². The van der Waals surface area contributed by atoms with Crippen molar-refractivity contribution in [2.45, 2.75) is 13.5 Å². The molecule has 24 heavy (non-hydrogen) atoms. The Hall–Kier alpha value is -2.73. The third-order valence-corrected chi connectivity index (χ3v) is 4.07. The zero-order valence-corrected chi connectivity index (χ0v) is 13.8. The first-order valence-electron chi connectivity index (χ1n) is 7.31. The van der Waals surface area contributed by atoms with Gasteiger partial charge in [-0.05, 0) is 37.3 Å². The molecule has 0 aliphatic heterocycles. The molecule has 3 aromatic rings. The van der Waals surface area contributed by atoms with Crippen LogP contribution in [0.25, 0.3) is 0 Å². The molecule has 0 fully saturated rings. The fourth-order valence-corrected chi connectivity index (χ4v) is 2.74. The maximum Gasteiger partial charge on any atom is 0.338 e. The van der Waals surface area contributed by atoms with Gasteiger partial charge in [0.05, 0.1) is 11.3 Å². The number of carbonyl (C=O) groups is 1. The first-order valence-corrected chi connectivity index (χ1v) is 8.19. The number of rotatable bonds is 5. The van der Waals surface area contributed by atoms with Gasteiger partial charge >= 0.3 is 5.97 Å². The minimum absolute atomic E-state index is 0.0431. The van der Waals surface area contributed by atoms with Crippen molar-refractivity contribution in [1.29, 1.82) is 0 Å². The van der Waals surface area contributed by atoms with Crippen molar-refractivity contribution in [3.63, 3.8) is 0 Å². The van der Waals surface area contributed by atoms with Crippen LogP contribution in [0.2, 0.25) is 0 Å². The number of aromatic nitrogens is 1. The van der Waals surface area contributed by atoms with Crippen LogP contribution in [0.4, 0.5) is 15.2 Å². The van der Waals surface area contributed by atoms with Crippen LogP contribution < -0.4 is 5.32 Å². The molecule has 0 atom stereocenters. The van der Waals surface area contributed by atoms with Crippen molar-refractivity contribution < 1.29 is 13.9 Å². The fourth-order valence-electron chi connectivity index (χ4n) is 2.03. The highest BCUT2D eigenvalue weighted by molar-refractivity contribution is 7.13. The van der Waals surface area contributed by atoms with E-state index in [2.05, 4.69) is 10.3 Å². The summed E-state index contributed by atoms with van der Waals surface area (Å²) in [5, 5.41) is 5.73. The lowest BCUT2D eigenvalue weighted by Gasteiger charge is -2.03. The van der Waals surface area contributed by atoms with Crippen LogP contribution in [0.15, 0.2) is 53.9 Å². The largest absolute Gasteiger partial charge is 0.456 e. The molecule has 4 nitrogen and oxygen atoms in total. The summed E-state index contributed by atoms with van der Waals surface area (Å²) < 4.78 is 18.3. The van der Waals surface area contributed by atoms with E-state index in [-0.39, 0.29) is 12.2 Å². The second-order valence-corrected chi connectivity index (χ2v) is 6.08. The SMILES string of the molecule is Cc1ccc(Nc2nc(COC(=O)c3cccc(F)c3)cs2)cc1. The number of anilines is 2. The van der Waals surface area contributed by atoms with Crippen LogP contribution in [0.3, 0.4) is 0 Å². The maximum absolute atomic E-state index is 13.1. The van der Waals surface area contributed by atoms with Crippen LogP contribution in [-0.4, -0.2) is 11.0 Å². The molecule has 6 heteroatoms. The molecule has 2 aromatic carbocycles. The summed E-state index contributed by atoms with van der Waals surface area (Å²) in [7, 11) is 0. The second kappa shape index (κ2) is 7.23. The smallest absolute Gasteiger partial charge is 0.338 e. The Morgan fingerprint density at radius 3 is 2.79 bits per heavy atom. The molecule has 1 heterocycles. The molecule has 0 radical (unpaired) electrons. The number of hydrogen-bond acceptors (Lipinski definition) is 5. The summed E-state index contributed by atoms with van der Waals surface area (Å²) in [5.41, 5.74) is 2.95. The van der Waals surface area contributed by atoms with Crippen molar-refractivity contribution in [1.82, 2.24) is 4.98 Å². The van der Waals surface area contributed by atoms with Gasteiger partial charge in [0.25, 0.3) is 0 Å². The van der Waals surface area contributed by atoms with Crippen molar-refractivity contribution in [3.8, 4) is 0 Å². The molecule has 0 bridgehead atoms. The molecule has 122 valence electrons. The number of nitrogens with one attached hydrogen (secondary N) is 1. The summed E-state index contributed by atoms with van der Waals surface area (Å²) in [6.07, 6.45) is 0. The molecule has 0 saturated carbocycles. The first-order chi connectivity index (χ1) is 11.6. The molecule has 0 aliphatic rings. The molecule has 0 spiro atoms. The zero-order valence-electron chi connectivity index (χ0n) is 13.0. The Morgan fingerprint density at radius 1 is 1.25 bits per heavy atom. The molecule has 1 aromatic heterocycles. The minimum Gasteiger partial charge on any atom is -0.456 e. The topological polar surface area (TPSA) is 51.2 Å². The van der Waals surface area contributed by atoms with Crippen LogP contribution in [0.5, 0.6) is 0 Å². The molecular formula is C18H15FN2O2S. The lowest BCUT2D eigenvalue weighted by atomic mass is 10.2. The fraction of sp³-hybridized carbons (Fsp3) is 0.111. The number of thiazole rings is 1. The number of hydrogen-bond donors (Lipinski definition) is 1. The van der Waals surface area contributed by atoms with Gasteiger partial charge in [0.15, 0.2) is 5.13 Å². The van der Waals surface area contributed by atoms with Crippen molar-refractivity contribution >= 4 is 28.1 Å². The Morgan fingerprint density at radius 2 is 2.04 bits per heavy atom. The molecule has 0 unspecified atom stereocenters. The van der Waals surface area contributed by atoms with Crippen LogP contribution in [0, 0.1) is 12.7 Å². The minimum atomic E-state index is -0.574. The van der Waals surface area contributed by atoms with Crippen LogP contribution >= 0.6 is 11.3 Å². The number of ether oxygens (including phenoxy) is 1. The maximum atomic E-state index is 13.1.